The zero-order chi connectivity index (χ0) is 22.2. The first-order chi connectivity index (χ1) is 14.8. The summed E-state index contributed by atoms with van der Waals surface area (Å²) in [6, 6.07) is 11.1. The number of hydrogen-bond donors (Lipinski definition) is 2. The average molecular weight is 445 g/mol. The van der Waals surface area contributed by atoms with Crippen LogP contribution in [0.3, 0.4) is 0 Å². The Morgan fingerprint density at radius 2 is 1.90 bits per heavy atom. The molecule has 2 atom stereocenters. The summed E-state index contributed by atoms with van der Waals surface area (Å²) in [5.74, 6) is -0.203. The Hall–Kier alpha value is -2.78. The van der Waals surface area contributed by atoms with Gasteiger partial charge < -0.3 is 10.3 Å². The van der Waals surface area contributed by atoms with Gasteiger partial charge in [-0.25, -0.2) is 17.8 Å². The van der Waals surface area contributed by atoms with Crippen LogP contribution in [0.5, 0.6) is 0 Å². The lowest BCUT2D eigenvalue weighted by Crippen LogP contribution is -2.47. The fourth-order valence-electron chi connectivity index (χ4n) is 3.95. The molecule has 3 aromatic rings. The van der Waals surface area contributed by atoms with Gasteiger partial charge in [0.2, 0.25) is 15.9 Å². The number of carbonyl (C=O) groups excluding carboxylic acids is 1. The van der Waals surface area contributed by atoms with Gasteiger partial charge in [0.25, 0.3) is 0 Å². The van der Waals surface area contributed by atoms with Crippen molar-refractivity contribution in [2.45, 2.75) is 43.7 Å². The van der Waals surface area contributed by atoms with Gasteiger partial charge in [0.05, 0.1) is 22.0 Å². The lowest BCUT2D eigenvalue weighted by atomic mass is 10.0. The quantitative estimate of drug-likeness (QED) is 0.609. The molecule has 1 aliphatic heterocycles. The molecule has 2 aromatic carbocycles. The predicted molar refractivity (Wildman–Crippen MR) is 115 cm³/mol. The van der Waals surface area contributed by atoms with E-state index in [1.54, 1.807) is 0 Å². The Bertz CT molecular complexity index is 1160. The van der Waals surface area contributed by atoms with E-state index < -0.39 is 27.9 Å². The highest BCUT2D eigenvalue weighted by Gasteiger charge is 2.40. The van der Waals surface area contributed by atoms with E-state index in [0.29, 0.717) is 18.7 Å². The molecule has 1 aromatic heterocycles. The Kier molecular flexibility index (Phi) is 5.81. The van der Waals surface area contributed by atoms with Crippen LogP contribution in [0.15, 0.2) is 53.4 Å². The molecule has 0 unspecified atom stereocenters. The summed E-state index contributed by atoms with van der Waals surface area (Å²) in [4.78, 5) is 21.0. The maximum Gasteiger partial charge on any atom is 0.243 e. The Labute approximate surface area is 180 Å². The van der Waals surface area contributed by atoms with Crippen LogP contribution in [0, 0.1) is 11.7 Å². The van der Waals surface area contributed by atoms with Crippen molar-refractivity contribution in [3.63, 3.8) is 0 Å². The van der Waals surface area contributed by atoms with Crippen molar-refractivity contribution in [2.24, 2.45) is 5.92 Å². The minimum absolute atomic E-state index is 0.0220. The molecular formula is C22H25FN4O3S. The first-order valence-corrected chi connectivity index (χ1v) is 11.7. The molecule has 1 saturated heterocycles. The summed E-state index contributed by atoms with van der Waals surface area (Å²) in [5.41, 5.74) is 1.68. The molecule has 164 valence electrons. The lowest BCUT2D eigenvalue weighted by Gasteiger charge is -2.27. The van der Waals surface area contributed by atoms with Gasteiger partial charge in [0, 0.05) is 6.54 Å². The molecule has 2 N–H and O–H groups in total. The number of nitrogens with one attached hydrogen (secondary N) is 2. The van der Waals surface area contributed by atoms with Crippen molar-refractivity contribution in [2.75, 3.05) is 6.54 Å². The number of amides is 1. The number of nitrogens with zero attached hydrogens (tertiary/aromatic N) is 2. The molecule has 31 heavy (non-hydrogen) atoms. The van der Waals surface area contributed by atoms with Crippen molar-refractivity contribution >= 4 is 27.0 Å². The van der Waals surface area contributed by atoms with Gasteiger partial charge >= 0.3 is 0 Å². The number of aromatic nitrogens is 2. The molecule has 0 aliphatic carbocycles. The summed E-state index contributed by atoms with van der Waals surface area (Å²) < 4.78 is 40.6. The van der Waals surface area contributed by atoms with E-state index in [1.165, 1.54) is 16.4 Å². The van der Waals surface area contributed by atoms with Crippen LogP contribution >= 0.6 is 0 Å². The van der Waals surface area contributed by atoms with Gasteiger partial charge in [0.15, 0.2) is 0 Å². The summed E-state index contributed by atoms with van der Waals surface area (Å²) in [7, 11) is -3.91. The minimum atomic E-state index is -3.91. The standard InChI is InChI=1S/C22H25FN4O3S/c1-14(2)20(21-24-17-6-3-4-7-18(17)25-21)26-22(28)19-8-5-13-27(19)31(29,30)16-11-9-15(23)10-12-16/h3-4,6-7,9-12,14,19-20H,5,8,13H2,1-2H3,(H,24,25)(H,26,28)/t19-,20-/m1/s1. The molecule has 4 rings (SSSR count). The second kappa shape index (κ2) is 8.39. The van der Waals surface area contributed by atoms with E-state index in [1.807, 2.05) is 38.1 Å². The first-order valence-electron chi connectivity index (χ1n) is 10.3. The van der Waals surface area contributed by atoms with E-state index in [2.05, 4.69) is 15.3 Å². The number of halogens is 1. The second-order valence-corrected chi connectivity index (χ2v) is 9.99. The van der Waals surface area contributed by atoms with Crippen LogP contribution in [0.1, 0.15) is 38.6 Å². The molecule has 7 nitrogen and oxygen atoms in total. The smallest absolute Gasteiger partial charge is 0.243 e. The molecule has 1 amide bonds. The summed E-state index contributed by atoms with van der Waals surface area (Å²) in [5, 5.41) is 3.00. The third-order valence-corrected chi connectivity index (χ3v) is 7.52. The van der Waals surface area contributed by atoms with Crippen molar-refractivity contribution in [1.29, 1.82) is 0 Å². The normalized spacial score (nSPS) is 18.5. The number of para-hydroxylation sites is 2. The van der Waals surface area contributed by atoms with Gasteiger partial charge in [0.1, 0.15) is 17.7 Å². The summed E-state index contributed by atoms with van der Waals surface area (Å²) in [6.45, 7) is 4.19. The van der Waals surface area contributed by atoms with E-state index in [9.17, 15) is 17.6 Å². The molecule has 2 heterocycles. The fraction of sp³-hybridized carbons (Fsp3) is 0.364. The Morgan fingerprint density at radius 3 is 2.58 bits per heavy atom. The average Bonchev–Trinajstić information content (AvgIpc) is 3.39. The van der Waals surface area contributed by atoms with Crippen LogP contribution < -0.4 is 5.32 Å². The molecule has 0 radical (unpaired) electrons. The topological polar surface area (TPSA) is 95.2 Å². The van der Waals surface area contributed by atoms with Crippen LogP contribution in [0.4, 0.5) is 4.39 Å². The monoisotopic (exact) mass is 444 g/mol. The highest BCUT2D eigenvalue weighted by Crippen LogP contribution is 2.28. The highest BCUT2D eigenvalue weighted by atomic mass is 32.2. The predicted octanol–water partition coefficient (Wildman–Crippen LogP) is 3.37. The number of fused-ring (bicyclic) bond motifs is 1. The van der Waals surface area contributed by atoms with Crippen LogP contribution in [-0.2, 0) is 14.8 Å². The third kappa shape index (κ3) is 4.20. The largest absolute Gasteiger partial charge is 0.344 e. The van der Waals surface area contributed by atoms with Crippen molar-refractivity contribution in [1.82, 2.24) is 19.6 Å². The zero-order valence-corrected chi connectivity index (χ0v) is 18.2. The van der Waals surface area contributed by atoms with E-state index >= 15 is 0 Å². The number of H-pyrrole nitrogens is 1. The number of hydrogen-bond acceptors (Lipinski definition) is 4. The Morgan fingerprint density at radius 1 is 1.19 bits per heavy atom. The highest BCUT2D eigenvalue weighted by molar-refractivity contribution is 7.89. The Balaban J connectivity index is 1.57. The van der Waals surface area contributed by atoms with Crippen LogP contribution in [0.2, 0.25) is 0 Å². The molecule has 0 bridgehead atoms. The summed E-state index contributed by atoms with van der Waals surface area (Å²) in [6.07, 6.45) is 1.01. The third-order valence-electron chi connectivity index (χ3n) is 5.59. The number of benzene rings is 2. The number of imidazole rings is 1. The summed E-state index contributed by atoms with van der Waals surface area (Å²) >= 11 is 0. The number of sulfonamides is 1. The maximum absolute atomic E-state index is 13.2. The SMILES string of the molecule is CC(C)[C@@H](NC(=O)[C@H]1CCCN1S(=O)(=O)c1ccc(F)cc1)c1nc2ccccc2[nH]1. The van der Waals surface area contributed by atoms with Crippen LogP contribution in [-0.4, -0.2) is 41.2 Å². The molecular weight excluding hydrogens is 419 g/mol. The molecule has 9 heteroatoms. The second-order valence-electron chi connectivity index (χ2n) is 8.10. The zero-order valence-electron chi connectivity index (χ0n) is 17.4. The van der Waals surface area contributed by atoms with E-state index in [-0.39, 0.29) is 23.3 Å². The van der Waals surface area contributed by atoms with Gasteiger partial charge in [-0.15, -0.1) is 0 Å². The fourth-order valence-corrected chi connectivity index (χ4v) is 5.61. The van der Waals surface area contributed by atoms with Crippen LogP contribution in [0.25, 0.3) is 11.0 Å². The van der Waals surface area contributed by atoms with Gasteiger partial charge in [-0.3, -0.25) is 4.79 Å². The first kappa shape index (κ1) is 21.5. The molecule has 1 aliphatic rings. The molecule has 0 spiro atoms. The van der Waals surface area contributed by atoms with E-state index in [4.69, 9.17) is 0 Å². The van der Waals surface area contributed by atoms with Gasteiger partial charge in [-0.05, 0) is 55.2 Å². The van der Waals surface area contributed by atoms with E-state index in [0.717, 1.165) is 23.2 Å². The number of rotatable bonds is 6. The number of carbonyl (C=O) groups is 1. The van der Waals surface area contributed by atoms with Crippen molar-refractivity contribution in [3.8, 4) is 0 Å². The minimum Gasteiger partial charge on any atom is -0.344 e. The molecule has 1 fully saturated rings. The maximum atomic E-state index is 13.2. The van der Waals surface area contributed by atoms with Crippen molar-refractivity contribution < 1.29 is 17.6 Å². The van der Waals surface area contributed by atoms with Gasteiger partial charge in [-0.2, -0.15) is 4.31 Å². The van der Waals surface area contributed by atoms with Gasteiger partial charge in [-0.1, -0.05) is 26.0 Å². The molecule has 0 saturated carbocycles. The van der Waals surface area contributed by atoms with Crippen molar-refractivity contribution in [3.05, 3.63) is 60.2 Å². The number of aromatic amines is 1. The lowest BCUT2D eigenvalue weighted by molar-refractivity contribution is -0.125.